The van der Waals surface area contributed by atoms with Crippen molar-refractivity contribution >= 4 is 12.4 Å². The van der Waals surface area contributed by atoms with Crippen molar-refractivity contribution in [2.45, 2.75) is 40.0 Å². The normalized spacial score (nSPS) is 19.2. The van der Waals surface area contributed by atoms with E-state index in [1.54, 1.807) is 0 Å². The number of allylic oxidation sites excluding steroid dienone is 2. The minimum absolute atomic E-state index is 0.0101. The number of hydrogen-bond donors (Lipinski definition) is 0. The van der Waals surface area contributed by atoms with Crippen molar-refractivity contribution in [1.29, 1.82) is 0 Å². The smallest absolute Gasteiger partial charge is 0.189 e. The van der Waals surface area contributed by atoms with Gasteiger partial charge in [0.2, 0.25) is 0 Å². The van der Waals surface area contributed by atoms with Crippen LogP contribution in [0.3, 0.4) is 0 Å². The number of hydrogen-bond acceptors (Lipinski definition) is 0. The molecule has 0 atom stereocenters. The maximum absolute atomic E-state index is 4.33. The largest absolute Gasteiger partial charge is 0.322 e. The molecule has 0 radical (unpaired) electrons. The molecule has 1 aliphatic heterocycles. The lowest BCUT2D eigenvalue weighted by molar-refractivity contribution is -0.433. The Morgan fingerprint density at radius 3 is 2.45 bits per heavy atom. The first-order chi connectivity index (χ1) is 9.24. The summed E-state index contributed by atoms with van der Waals surface area (Å²) in [6.45, 7) is 15.8. The van der Waals surface area contributed by atoms with Gasteiger partial charge < -0.3 is 4.58 Å². The lowest BCUT2D eigenvalue weighted by Crippen LogP contribution is -2.36. The van der Waals surface area contributed by atoms with Gasteiger partial charge in [-0.2, -0.15) is 0 Å². The van der Waals surface area contributed by atoms with Crippen molar-refractivity contribution in [3.63, 3.8) is 0 Å². The summed E-state index contributed by atoms with van der Waals surface area (Å²) in [5.74, 6) is 0. The molecule has 0 fully saturated rings. The van der Waals surface area contributed by atoms with Crippen LogP contribution in [0.5, 0.6) is 0 Å². The Morgan fingerprint density at radius 1 is 1.15 bits per heavy atom. The topological polar surface area (TPSA) is 3.01 Å². The Morgan fingerprint density at radius 2 is 1.80 bits per heavy atom. The van der Waals surface area contributed by atoms with Gasteiger partial charge in [0.25, 0.3) is 0 Å². The molecule has 0 unspecified atom stereocenters. The van der Waals surface area contributed by atoms with E-state index in [-0.39, 0.29) is 10.8 Å². The molecule has 0 aromatic heterocycles. The minimum Gasteiger partial charge on any atom is -0.322 e. The zero-order chi connectivity index (χ0) is 14.7. The molecule has 2 aliphatic rings. The molecule has 1 heteroatoms. The molecule has 0 amide bonds. The Labute approximate surface area is 123 Å². The SMILES string of the molecule is C=[N+]1c2ccc3c(c2C(C)(C)[C-]1C(C)(C)C)[CH+]C=C[CH+]3. The number of nitrogens with zero attached hydrogens (tertiary/aromatic N) is 1. The Balaban J connectivity index is 2.25. The second-order valence-electron chi connectivity index (χ2n) is 7.33. The summed E-state index contributed by atoms with van der Waals surface area (Å²) in [5, 5.41) is 0. The average molecular weight is 265 g/mol. The molecule has 0 saturated heterocycles. The molecule has 1 aromatic rings. The summed E-state index contributed by atoms with van der Waals surface area (Å²) in [5.41, 5.74) is 5.43. The van der Waals surface area contributed by atoms with Crippen LogP contribution in [0.4, 0.5) is 5.69 Å². The molecule has 20 heavy (non-hydrogen) atoms. The van der Waals surface area contributed by atoms with Gasteiger partial charge in [-0.1, -0.05) is 20.8 Å². The fourth-order valence-electron chi connectivity index (χ4n) is 4.06. The molecule has 0 spiro atoms. The van der Waals surface area contributed by atoms with Crippen molar-refractivity contribution in [3.05, 3.63) is 59.9 Å². The first kappa shape index (κ1) is 13.2. The molecule has 1 heterocycles. The van der Waals surface area contributed by atoms with Crippen molar-refractivity contribution < 1.29 is 4.58 Å². The van der Waals surface area contributed by atoms with Crippen LogP contribution in [0.1, 0.15) is 51.3 Å². The van der Waals surface area contributed by atoms with E-state index in [0.717, 1.165) is 0 Å². The van der Waals surface area contributed by atoms with E-state index in [4.69, 9.17) is 0 Å². The van der Waals surface area contributed by atoms with Crippen molar-refractivity contribution in [3.8, 4) is 0 Å². The highest BCUT2D eigenvalue weighted by molar-refractivity contribution is 5.65. The highest BCUT2D eigenvalue weighted by atomic mass is 15.1. The zero-order valence-corrected chi connectivity index (χ0v) is 13.1. The van der Waals surface area contributed by atoms with Gasteiger partial charge in [0.15, 0.2) is 16.8 Å². The lowest BCUT2D eigenvalue weighted by atomic mass is 9.68. The maximum Gasteiger partial charge on any atom is 0.189 e. The summed E-state index contributed by atoms with van der Waals surface area (Å²) in [6.07, 6.45) is 8.65. The second-order valence-corrected chi connectivity index (χ2v) is 7.33. The molecular formula is C19H23N+2. The zero-order valence-electron chi connectivity index (χ0n) is 13.1. The molecule has 0 saturated carbocycles. The molecule has 3 rings (SSSR count). The minimum atomic E-state index is 0.0101. The van der Waals surface area contributed by atoms with Crippen LogP contribution < -0.4 is 0 Å². The first-order valence-electron chi connectivity index (χ1n) is 7.25. The van der Waals surface area contributed by atoms with Crippen LogP contribution in [-0.4, -0.2) is 11.3 Å². The molecular weight excluding hydrogens is 242 g/mol. The standard InChI is InChI=1S/C19H23N/c1-18(2,3)17-19(4,5)16-14-10-8-7-9-13(14)11-12-15(16)20(17)6/h7-12H,6H2,1-5H3/q+2. The molecule has 0 bridgehead atoms. The van der Waals surface area contributed by atoms with E-state index < -0.39 is 0 Å². The van der Waals surface area contributed by atoms with E-state index in [1.807, 2.05) is 0 Å². The van der Waals surface area contributed by atoms with E-state index in [2.05, 4.69) is 83.0 Å². The molecule has 0 N–H and O–H groups in total. The predicted octanol–water partition coefficient (Wildman–Crippen LogP) is 4.58. The van der Waals surface area contributed by atoms with E-state index in [0.29, 0.717) is 0 Å². The van der Waals surface area contributed by atoms with Gasteiger partial charge in [-0.3, -0.25) is 0 Å². The quantitative estimate of drug-likeness (QED) is 0.477. The molecule has 1 aromatic carbocycles. The second kappa shape index (κ2) is 3.88. The van der Waals surface area contributed by atoms with Gasteiger partial charge in [0.1, 0.15) is 18.4 Å². The van der Waals surface area contributed by atoms with Crippen LogP contribution >= 0.6 is 0 Å². The van der Waals surface area contributed by atoms with Gasteiger partial charge in [0.05, 0.1) is 29.7 Å². The van der Waals surface area contributed by atoms with Crippen molar-refractivity contribution in [2.75, 3.05) is 0 Å². The van der Waals surface area contributed by atoms with Crippen molar-refractivity contribution in [2.24, 2.45) is 5.41 Å². The van der Waals surface area contributed by atoms with Crippen molar-refractivity contribution in [1.82, 2.24) is 0 Å². The predicted molar refractivity (Wildman–Crippen MR) is 85.2 cm³/mol. The van der Waals surface area contributed by atoms with E-state index in [9.17, 15) is 0 Å². The average Bonchev–Trinajstić information content (AvgIpc) is 2.56. The number of fused-ring (bicyclic) bond motifs is 3. The Bertz CT molecular complexity index is 611. The van der Waals surface area contributed by atoms with Crippen LogP contribution in [0, 0.1) is 24.3 Å². The lowest BCUT2D eigenvalue weighted by Gasteiger charge is -2.36. The third kappa shape index (κ3) is 1.62. The number of rotatable bonds is 0. The third-order valence-electron chi connectivity index (χ3n) is 4.40. The molecule has 1 nitrogen and oxygen atoms in total. The van der Waals surface area contributed by atoms with E-state index in [1.165, 1.54) is 28.4 Å². The van der Waals surface area contributed by atoms with Gasteiger partial charge in [-0.15, -0.1) is 0 Å². The molecule has 1 aliphatic carbocycles. The maximum atomic E-state index is 4.33. The van der Waals surface area contributed by atoms with Gasteiger partial charge >= 0.3 is 0 Å². The summed E-state index contributed by atoms with van der Waals surface area (Å²) >= 11 is 0. The van der Waals surface area contributed by atoms with Gasteiger partial charge in [-0.25, -0.2) is 0 Å². The first-order valence-corrected chi connectivity index (χ1v) is 7.25. The van der Waals surface area contributed by atoms with Crippen LogP contribution in [0.15, 0.2) is 24.3 Å². The summed E-state index contributed by atoms with van der Waals surface area (Å²) in [6, 6.07) is 5.80. The van der Waals surface area contributed by atoms with Gasteiger partial charge in [-0.05, 0) is 19.3 Å². The van der Waals surface area contributed by atoms with E-state index >= 15 is 0 Å². The number of benzene rings is 1. The highest BCUT2D eigenvalue weighted by Crippen LogP contribution is 2.56. The summed E-state index contributed by atoms with van der Waals surface area (Å²) < 4.78 is 2.15. The van der Waals surface area contributed by atoms with Crippen LogP contribution in [0.2, 0.25) is 0 Å². The van der Waals surface area contributed by atoms with Crippen LogP contribution in [-0.2, 0) is 5.41 Å². The highest BCUT2D eigenvalue weighted by Gasteiger charge is 2.54. The summed E-state index contributed by atoms with van der Waals surface area (Å²) in [4.78, 5) is 0. The Hall–Kier alpha value is -1.76. The summed E-state index contributed by atoms with van der Waals surface area (Å²) in [7, 11) is 0. The Kier molecular flexibility index (Phi) is 2.57. The van der Waals surface area contributed by atoms with Crippen LogP contribution in [0.25, 0.3) is 0 Å². The van der Waals surface area contributed by atoms with Gasteiger partial charge in [0, 0.05) is 12.8 Å². The molecule has 102 valence electrons. The monoisotopic (exact) mass is 265 g/mol. The third-order valence-corrected chi connectivity index (χ3v) is 4.40. The fraction of sp³-hybridized carbons (Fsp3) is 0.368. The fourth-order valence-corrected chi connectivity index (χ4v) is 4.06.